The molecule has 0 spiro atoms. The molecular weight excluding hydrogens is 316 g/mol. The maximum Gasteiger partial charge on any atom is 0.410 e. The molecule has 2 rings (SSSR count). The number of thiazole rings is 1. The molecule has 0 aliphatic carbocycles. The number of imidazole rings is 1. The molecule has 0 aliphatic heterocycles. The van der Waals surface area contributed by atoms with Crippen molar-refractivity contribution in [3.63, 3.8) is 0 Å². The van der Waals surface area contributed by atoms with Crippen molar-refractivity contribution >= 4 is 22.4 Å². The van der Waals surface area contributed by atoms with Crippen molar-refractivity contribution in [2.75, 3.05) is 27.2 Å². The van der Waals surface area contributed by atoms with Gasteiger partial charge in [0.1, 0.15) is 11.3 Å². The first-order valence-corrected chi connectivity index (χ1v) is 8.33. The van der Waals surface area contributed by atoms with Crippen molar-refractivity contribution in [3.05, 3.63) is 17.3 Å². The van der Waals surface area contributed by atoms with Crippen molar-refractivity contribution in [1.29, 1.82) is 0 Å². The first kappa shape index (κ1) is 17.6. The molecule has 0 radical (unpaired) electrons. The lowest BCUT2D eigenvalue weighted by Gasteiger charge is -2.24. The maximum absolute atomic E-state index is 11.9. The molecule has 2 aromatic rings. The van der Waals surface area contributed by atoms with Crippen LogP contribution in [0.4, 0.5) is 4.79 Å². The Kier molecular flexibility index (Phi) is 5.48. The van der Waals surface area contributed by atoms with E-state index in [4.69, 9.17) is 9.47 Å². The van der Waals surface area contributed by atoms with Gasteiger partial charge in [-0.15, -0.1) is 11.3 Å². The van der Waals surface area contributed by atoms with Crippen LogP contribution < -0.4 is 10.1 Å². The van der Waals surface area contributed by atoms with Gasteiger partial charge >= 0.3 is 6.09 Å². The standard InChI is InChI=1S/C15H24N4O3S/c1-15(2,3)22-14(20)18(4)7-6-16-10-11-12(21-5)17-13-19(11)8-9-23-13/h8-9,16H,6-7,10H2,1-5H3. The van der Waals surface area contributed by atoms with Gasteiger partial charge in [-0.2, -0.15) is 4.98 Å². The molecule has 0 atom stereocenters. The molecule has 0 aromatic carbocycles. The molecule has 0 saturated heterocycles. The molecule has 0 unspecified atom stereocenters. The number of carbonyl (C=O) groups is 1. The molecule has 7 nitrogen and oxygen atoms in total. The molecule has 1 N–H and O–H groups in total. The van der Waals surface area contributed by atoms with E-state index in [2.05, 4.69) is 10.3 Å². The number of hydrogen-bond donors (Lipinski definition) is 1. The topological polar surface area (TPSA) is 68.1 Å². The molecule has 2 aromatic heterocycles. The molecule has 0 fully saturated rings. The van der Waals surface area contributed by atoms with Gasteiger partial charge in [-0.3, -0.25) is 4.40 Å². The Labute approximate surface area is 140 Å². The van der Waals surface area contributed by atoms with Crippen LogP contribution in [0.15, 0.2) is 11.6 Å². The van der Waals surface area contributed by atoms with E-state index in [0.29, 0.717) is 25.5 Å². The van der Waals surface area contributed by atoms with E-state index in [9.17, 15) is 4.79 Å². The number of aromatic nitrogens is 2. The predicted octanol–water partition coefficient (Wildman–Crippen LogP) is 2.36. The number of fused-ring (bicyclic) bond motifs is 1. The third-order valence-corrected chi connectivity index (χ3v) is 3.90. The fraction of sp³-hybridized carbons (Fsp3) is 0.600. The third-order valence-electron chi connectivity index (χ3n) is 3.14. The van der Waals surface area contributed by atoms with Crippen LogP contribution in [0.3, 0.4) is 0 Å². The number of ether oxygens (including phenoxy) is 2. The summed E-state index contributed by atoms with van der Waals surface area (Å²) >= 11 is 1.57. The number of rotatable bonds is 6. The highest BCUT2D eigenvalue weighted by Crippen LogP contribution is 2.22. The minimum Gasteiger partial charge on any atom is -0.480 e. The molecule has 8 heteroatoms. The zero-order chi connectivity index (χ0) is 17.0. The van der Waals surface area contributed by atoms with Crippen LogP contribution >= 0.6 is 11.3 Å². The van der Waals surface area contributed by atoms with Crippen LogP contribution in [0.1, 0.15) is 26.5 Å². The lowest BCUT2D eigenvalue weighted by atomic mass is 10.2. The van der Waals surface area contributed by atoms with Gasteiger partial charge in [0.25, 0.3) is 0 Å². The minimum absolute atomic E-state index is 0.318. The van der Waals surface area contributed by atoms with Crippen LogP contribution in [0.2, 0.25) is 0 Å². The Morgan fingerprint density at radius 1 is 1.48 bits per heavy atom. The monoisotopic (exact) mass is 340 g/mol. The normalized spacial score (nSPS) is 11.7. The van der Waals surface area contributed by atoms with E-state index < -0.39 is 5.60 Å². The van der Waals surface area contributed by atoms with Crippen LogP contribution in [0.5, 0.6) is 5.88 Å². The number of hydrogen-bond acceptors (Lipinski definition) is 6. The average Bonchev–Trinajstić information content (AvgIpc) is 3.02. The summed E-state index contributed by atoms with van der Waals surface area (Å²) in [5.41, 5.74) is 0.498. The largest absolute Gasteiger partial charge is 0.480 e. The van der Waals surface area contributed by atoms with E-state index in [-0.39, 0.29) is 6.09 Å². The van der Waals surface area contributed by atoms with E-state index >= 15 is 0 Å². The highest BCUT2D eigenvalue weighted by molar-refractivity contribution is 7.15. The Balaban J connectivity index is 1.82. The number of carbonyl (C=O) groups excluding carboxylic acids is 1. The van der Waals surface area contributed by atoms with Gasteiger partial charge in [0, 0.05) is 38.3 Å². The van der Waals surface area contributed by atoms with Crippen molar-refractivity contribution in [1.82, 2.24) is 19.6 Å². The lowest BCUT2D eigenvalue weighted by molar-refractivity contribution is 0.0300. The van der Waals surface area contributed by atoms with Gasteiger partial charge in [-0.25, -0.2) is 4.79 Å². The summed E-state index contributed by atoms with van der Waals surface area (Å²) in [7, 11) is 3.35. The van der Waals surface area contributed by atoms with Crippen molar-refractivity contribution < 1.29 is 14.3 Å². The molecular formula is C15H24N4O3S. The summed E-state index contributed by atoms with van der Waals surface area (Å²) in [5.74, 6) is 0.629. The zero-order valence-electron chi connectivity index (χ0n) is 14.3. The SMILES string of the molecule is COc1nc2sccn2c1CNCCN(C)C(=O)OC(C)(C)C. The summed E-state index contributed by atoms with van der Waals surface area (Å²) in [6.45, 7) is 7.39. The average molecular weight is 340 g/mol. The van der Waals surface area contributed by atoms with Crippen LogP contribution in [-0.4, -0.2) is 53.2 Å². The maximum atomic E-state index is 11.9. The number of methoxy groups -OCH3 is 1. The van der Waals surface area contributed by atoms with E-state index in [1.165, 1.54) is 0 Å². The summed E-state index contributed by atoms with van der Waals surface area (Å²) < 4.78 is 12.6. The van der Waals surface area contributed by atoms with Gasteiger partial charge in [-0.05, 0) is 20.8 Å². The first-order valence-electron chi connectivity index (χ1n) is 7.45. The quantitative estimate of drug-likeness (QED) is 0.818. The van der Waals surface area contributed by atoms with E-state index in [0.717, 1.165) is 10.7 Å². The Morgan fingerprint density at radius 2 is 2.22 bits per heavy atom. The molecule has 1 amide bonds. The second-order valence-corrected chi connectivity index (χ2v) is 7.08. The smallest absolute Gasteiger partial charge is 0.410 e. The van der Waals surface area contributed by atoms with Crippen LogP contribution in [0.25, 0.3) is 4.96 Å². The second kappa shape index (κ2) is 7.18. The van der Waals surface area contributed by atoms with Gasteiger partial charge < -0.3 is 19.7 Å². The highest BCUT2D eigenvalue weighted by Gasteiger charge is 2.19. The fourth-order valence-corrected chi connectivity index (χ4v) is 2.75. The molecule has 0 bridgehead atoms. The molecule has 0 aliphatic rings. The number of nitrogens with zero attached hydrogens (tertiary/aromatic N) is 3. The van der Waals surface area contributed by atoms with Crippen molar-refractivity contribution in [2.45, 2.75) is 32.9 Å². The zero-order valence-corrected chi connectivity index (χ0v) is 15.1. The lowest BCUT2D eigenvalue weighted by Crippen LogP contribution is -2.37. The van der Waals surface area contributed by atoms with E-state index in [1.54, 1.807) is 30.4 Å². The molecule has 23 heavy (non-hydrogen) atoms. The highest BCUT2D eigenvalue weighted by atomic mass is 32.1. The summed E-state index contributed by atoms with van der Waals surface area (Å²) in [4.78, 5) is 18.7. The number of nitrogens with one attached hydrogen (secondary N) is 1. The summed E-state index contributed by atoms with van der Waals surface area (Å²) in [5, 5.41) is 5.30. The predicted molar refractivity (Wildman–Crippen MR) is 90.2 cm³/mol. The summed E-state index contributed by atoms with van der Waals surface area (Å²) in [6.07, 6.45) is 1.65. The number of amides is 1. The Hall–Kier alpha value is -1.80. The van der Waals surface area contributed by atoms with Crippen LogP contribution in [0, 0.1) is 0 Å². The van der Waals surface area contributed by atoms with Crippen molar-refractivity contribution in [2.24, 2.45) is 0 Å². The second-order valence-electron chi connectivity index (χ2n) is 6.20. The number of likely N-dealkylation sites (N-methyl/N-ethyl adjacent to an activating group) is 1. The van der Waals surface area contributed by atoms with Crippen LogP contribution in [-0.2, 0) is 11.3 Å². The molecule has 0 saturated carbocycles. The van der Waals surface area contributed by atoms with Crippen molar-refractivity contribution in [3.8, 4) is 5.88 Å². The first-order chi connectivity index (χ1) is 10.8. The minimum atomic E-state index is -0.478. The Bertz CT molecular complexity index is 659. The Morgan fingerprint density at radius 3 is 2.87 bits per heavy atom. The van der Waals surface area contributed by atoms with E-state index in [1.807, 2.05) is 36.7 Å². The van der Waals surface area contributed by atoms with Gasteiger partial charge in [0.2, 0.25) is 5.88 Å². The molecule has 128 valence electrons. The fourth-order valence-electron chi connectivity index (χ4n) is 2.02. The third kappa shape index (κ3) is 4.59. The molecule has 2 heterocycles. The summed E-state index contributed by atoms with van der Waals surface area (Å²) in [6, 6.07) is 0. The van der Waals surface area contributed by atoms with Gasteiger partial charge in [-0.1, -0.05) is 0 Å². The van der Waals surface area contributed by atoms with Gasteiger partial charge in [0.15, 0.2) is 4.96 Å². The van der Waals surface area contributed by atoms with Gasteiger partial charge in [0.05, 0.1) is 7.11 Å².